The van der Waals surface area contributed by atoms with Crippen LogP contribution in [0, 0.1) is 0 Å². The molecule has 24 heavy (non-hydrogen) atoms. The molecule has 0 saturated heterocycles. The van der Waals surface area contributed by atoms with Gasteiger partial charge >= 0.3 is 0 Å². The predicted molar refractivity (Wildman–Crippen MR) is 103 cm³/mol. The Balaban J connectivity index is 0.000000134. The van der Waals surface area contributed by atoms with Crippen LogP contribution in [0.1, 0.15) is 0 Å². The van der Waals surface area contributed by atoms with Crippen LogP contribution in [0.15, 0.2) is 70.2 Å². The molecule has 2 heterocycles. The number of para-hydroxylation sites is 4. The molecular weight excluding hydrogens is 342 g/mol. The fourth-order valence-corrected chi connectivity index (χ4v) is 1.61. The number of benzene rings is 2. The summed E-state index contributed by atoms with van der Waals surface area (Å²) < 4.78 is 10.6. The van der Waals surface area contributed by atoms with Crippen LogP contribution in [-0.4, -0.2) is 33.3 Å². The molecule has 0 spiro atoms. The molecule has 124 valence electrons. The molecule has 2 aromatic heterocycles. The quantitative estimate of drug-likeness (QED) is 0.370. The fourth-order valence-electron chi connectivity index (χ4n) is 1.61. The van der Waals surface area contributed by atoms with Crippen molar-refractivity contribution in [2.75, 3.05) is 14.1 Å². The van der Waals surface area contributed by atoms with Gasteiger partial charge in [-0.15, -0.1) is 12.6 Å². The maximum absolute atomic E-state index is 5.01. The van der Waals surface area contributed by atoms with Crippen LogP contribution in [0.5, 0.6) is 0 Å². The number of hydrogen-bond acceptors (Lipinski definition) is 5. The van der Waals surface area contributed by atoms with Gasteiger partial charge < -0.3 is 13.7 Å². The number of fused-ring (bicyclic) bond motifs is 2. The SMILES string of the molecule is CN(C)C(=S)S.c1ccc2ocnc2c1.c1ccc2ocnc2c1. The Labute approximate surface area is 150 Å². The van der Waals surface area contributed by atoms with Crippen LogP contribution in [0.4, 0.5) is 0 Å². The van der Waals surface area contributed by atoms with Crippen LogP contribution in [-0.2, 0) is 0 Å². The zero-order chi connectivity index (χ0) is 17.4. The molecule has 0 aliphatic carbocycles. The van der Waals surface area contributed by atoms with E-state index in [1.807, 2.05) is 62.6 Å². The van der Waals surface area contributed by atoms with Gasteiger partial charge in [0.05, 0.1) is 0 Å². The van der Waals surface area contributed by atoms with Crippen LogP contribution in [0.25, 0.3) is 22.2 Å². The third kappa shape index (κ3) is 5.36. The van der Waals surface area contributed by atoms with Crippen LogP contribution in [0.3, 0.4) is 0 Å². The molecule has 0 atom stereocenters. The first-order chi connectivity index (χ1) is 11.6. The summed E-state index contributed by atoms with van der Waals surface area (Å²) in [6.07, 6.45) is 2.90. The van der Waals surface area contributed by atoms with Crippen molar-refractivity contribution in [1.82, 2.24) is 14.9 Å². The highest BCUT2D eigenvalue weighted by Gasteiger charge is 1.92. The second kappa shape index (κ2) is 9.05. The normalized spacial score (nSPS) is 9.62. The molecule has 0 aliphatic rings. The van der Waals surface area contributed by atoms with Crippen molar-refractivity contribution in [3.63, 3.8) is 0 Å². The Morgan fingerprint density at radius 1 is 0.875 bits per heavy atom. The molecule has 7 heteroatoms. The summed E-state index contributed by atoms with van der Waals surface area (Å²) in [5.41, 5.74) is 3.52. The lowest BCUT2D eigenvalue weighted by Gasteiger charge is -2.05. The smallest absolute Gasteiger partial charge is 0.181 e. The third-order valence-corrected chi connectivity index (χ3v) is 3.62. The minimum absolute atomic E-state index is 0.620. The second-order valence-electron chi connectivity index (χ2n) is 4.82. The summed E-state index contributed by atoms with van der Waals surface area (Å²) in [7, 11) is 3.71. The number of thiocarbonyl (C=S) groups is 1. The van der Waals surface area contributed by atoms with Gasteiger partial charge in [0.1, 0.15) is 15.4 Å². The highest BCUT2D eigenvalue weighted by Crippen LogP contribution is 2.09. The zero-order valence-electron chi connectivity index (χ0n) is 13.3. The van der Waals surface area contributed by atoms with Crippen molar-refractivity contribution in [2.24, 2.45) is 0 Å². The highest BCUT2D eigenvalue weighted by molar-refractivity contribution is 8.10. The summed E-state index contributed by atoms with van der Waals surface area (Å²) >= 11 is 8.46. The van der Waals surface area contributed by atoms with Crippen LogP contribution < -0.4 is 0 Å². The summed E-state index contributed by atoms with van der Waals surface area (Å²) in [6.45, 7) is 0. The van der Waals surface area contributed by atoms with E-state index in [-0.39, 0.29) is 0 Å². The molecule has 5 nitrogen and oxygen atoms in total. The minimum Gasteiger partial charge on any atom is -0.443 e. The average Bonchev–Trinajstić information content (AvgIpc) is 3.24. The van der Waals surface area contributed by atoms with Gasteiger partial charge in [0.2, 0.25) is 0 Å². The number of nitrogens with zero attached hydrogens (tertiary/aromatic N) is 3. The number of oxazole rings is 2. The van der Waals surface area contributed by atoms with Crippen molar-refractivity contribution in [2.45, 2.75) is 0 Å². The maximum atomic E-state index is 5.01. The molecule has 0 aliphatic heterocycles. The van der Waals surface area contributed by atoms with Gasteiger partial charge in [0, 0.05) is 14.1 Å². The average molecular weight is 359 g/mol. The monoisotopic (exact) mass is 359 g/mol. The molecule has 0 radical (unpaired) electrons. The Bertz CT molecular complexity index is 776. The van der Waals surface area contributed by atoms with Crippen molar-refractivity contribution >= 4 is 51.4 Å². The number of hydrogen-bond donors (Lipinski definition) is 1. The third-order valence-electron chi connectivity index (χ3n) is 2.86. The number of aromatic nitrogens is 2. The Morgan fingerprint density at radius 2 is 1.25 bits per heavy atom. The van der Waals surface area contributed by atoms with E-state index in [4.69, 9.17) is 8.83 Å². The van der Waals surface area contributed by atoms with Gasteiger partial charge in [0.25, 0.3) is 0 Å². The van der Waals surface area contributed by atoms with Crippen LogP contribution in [0.2, 0.25) is 0 Å². The molecule has 0 saturated carbocycles. The van der Waals surface area contributed by atoms with Gasteiger partial charge in [-0.05, 0) is 24.3 Å². The Morgan fingerprint density at radius 3 is 1.58 bits per heavy atom. The molecule has 0 N–H and O–H groups in total. The van der Waals surface area contributed by atoms with Gasteiger partial charge in [-0.3, -0.25) is 0 Å². The van der Waals surface area contributed by atoms with Gasteiger partial charge in [-0.1, -0.05) is 36.5 Å². The predicted octanol–water partition coefficient (Wildman–Crippen LogP) is 4.42. The van der Waals surface area contributed by atoms with Gasteiger partial charge in [0.15, 0.2) is 24.0 Å². The molecule has 4 aromatic rings. The molecule has 0 amide bonds. The highest BCUT2D eigenvalue weighted by atomic mass is 32.1. The lowest BCUT2D eigenvalue weighted by atomic mass is 10.3. The first-order valence-corrected chi connectivity index (χ1v) is 7.90. The standard InChI is InChI=1S/2C7H5NO.C3H7NS2/c2*1-2-4-7-6(3-1)8-5-9-7;1-4(2)3(5)6/h2*1-5H;1-2H3,(H,5,6). The van der Waals surface area contributed by atoms with E-state index in [9.17, 15) is 0 Å². The van der Waals surface area contributed by atoms with E-state index >= 15 is 0 Å². The van der Waals surface area contributed by atoms with Crippen molar-refractivity contribution in [3.05, 3.63) is 61.3 Å². The van der Waals surface area contributed by atoms with Gasteiger partial charge in [-0.25, -0.2) is 9.97 Å². The molecule has 0 bridgehead atoms. The minimum atomic E-state index is 0.620. The largest absolute Gasteiger partial charge is 0.443 e. The Hall–Kier alpha value is -2.38. The number of thiol groups is 1. The molecule has 2 aromatic carbocycles. The second-order valence-corrected chi connectivity index (χ2v) is 5.93. The van der Waals surface area contributed by atoms with E-state index in [2.05, 4.69) is 34.8 Å². The van der Waals surface area contributed by atoms with Crippen molar-refractivity contribution in [1.29, 1.82) is 0 Å². The molecule has 4 rings (SSSR count). The molecule has 0 fully saturated rings. The van der Waals surface area contributed by atoms with E-state index in [0.717, 1.165) is 22.2 Å². The topological polar surface area (TPSA) is 55.3 Å². The number of rotatable bonds is 0. The fraction of sp³-hybridized carbons (Fsp3) is 0.118. The lowest BCUT2D eigenvalue weighted by molar-refractivity contribution is 0.602. The van der Waals surface area contributed by atoms with E-state index < -0.39 is 0 Å². The Kier molecular flexibility index (Phi) is 6.77. The maximum Gasteiger partial charge on any atom is 0.181 e. The van der Waals surface area contributed by atoms with Crippen molar-refractivity contribution in [3.8, 4) is 0 Å². The van der Waals surface area contributed by atoms with E-state index in [1.165, 1.54) is 12.8 Å². The first-order valence-electron chi connectivity index (χ1n) is 7.04. The summed E-state index contributed by atoms with van der Waals surface area (Å²) in [6, 6.07) is 15.3. The molecular formula is C17H17N3O2S2. The van der Waals surface area contributed by atoms with E-state index in [0.29, 0.717) is 4.32 Å². The van der Waals surface area contributed by atoms with Crippen molar-refractivity contribution < 1.29 is 8.83 Å². The summed E-state index contributed by atoms with van der Waals surface area (Å²) in [4.78, 5) is 9.67. The van der Waals surface area contributed by atoms with Gasteiger partial charge in [-0.2, -0.15) is 0 Å². The van der Waals surface area contributed by atoms with E-state index in [1.54, 1.807) is 4.90 Å². The lowest BCUT2D eigenvalue weighted by Crippen LogP contribution is -2.12. The summed E-state index contributed by atoms with van der Waals surface area (Å²) in [5.74, 6) is 0. The van der Waals surface area contributed by atoms with Crippen LogP contribution >= 0.6 is 24.8 Å². The zero-order valence-corrected chi connectivity index (χ0v) is 15.0. The molecule has 0 unspecified atom stereocenters. The summed E-state index contributed by atoms with van der Waals surface area (Å²) in [5, 5.41) is 0. The first kappa shape index (κ1) is 18.0.